The average molecular weight is 455 g/mol. The number of anilines is 1. The topological polar surface area (TPSA) is 42.0 Å². The van der Waals surface area contributed by atoms with Crippen LogP contribution in [0.3, 0.4) is 0 Å². The second kappa shape index (κ2) is 20.2. The molecule has 1 amide bonds. The number of hydrogen-bond acceptors (Lipinski definition) is 2. The third-order valence-electron chi connectivity index (χ3n) is 5.07. The normalized spacial score (nSPS) is 10.1. The Kier molecular flexibility index (Phi) is 20.1. The Morgan fingerprint density at radius 1 is 0.939 bits per heavy atom. The standard InChI is InChI=1S/C12H17NO.C10H13N.2C4H10/c1-8(2)12(14)13-11-7-9(3)5-6-10(11)4;1-4-8(2)10-7-11-6-5-9(10)3;2*1-3-4-2/h5-8H,1-4H3,(H,13,14);4-7H,1-3H3;2*3-4H2,1-2H3/b;8-4-;;. The van der Waals surface area contributed by atoms with Crippen molar-refractivity contribution in [2.45, 2.75) is 102 Å². The molecule has 1 aromatic carbocycles. The summed E-state index contributed by atoms with van der Waals surface area (Å²) in [4.78, 5) is 15.5. The number of rotatable bonds is 5. The first-order valence-corrected chi connectivity index (χ1v) is 12.5. The molecule has 0 saturated carbocycles. The van der Waals surface area contributed by atoms with Gasteiger partial charge < -0.3 is 5.32 Å². The van der Waals surface area contributed by atoms with E-state index in [9.17, 15) is 4.79 Å². The van der Waals surface area contributed by atoms with Gasteiger partial charge in [-0.05, 0) is 74.6 Å². The SMILES string of the molecule is C/C=C(/C)c1cnccc1C.CCCC.CCCC.Cc1ccc(C)c(NC(=O)C(C)C)c1. The Hall–Kier alpha value is -2.42. The fourth-order valence-electron chi connectivity index (χ4n) is 2.18. The Labute approximate surface area is 205 Å². The third-order valence-corrected chi connectivity index (χ3v) is 5.07. The van der Waals surface area contributed by atoms with Gasteiger partial charge in [-0.25, -0.2) is 0 Å². The van der Waals surface area contributed by atoms with Crippen molar-refractivity contribution in [3.63, 3.8) is 0 Å². The van der Waals surface area contributed by atoms with E-state index < -0.39 is 0 Å². The van der Waals surface area contributed by atoms with Crippen LogP contribution in [-0.4, -0.2) is 10.9 Å². The number of pyridine rings is 1. The van der Waals surface area contributed by atoms with Crippen LogP contribution in [0.25, 0.3) is 5.57 Å². The largest absolute Gasteiger partial charge is 0.326 e. The highest BCUT2D eigenvalue weighted by Gasteiger charge is 2.08. The van der Waals surface area contributed by atoms with Crippen molar-refractivity contribution in [3.8, 4) is 0 Å². The van der Waals surface area contributed by atoms with Crippen LogP contribution in [0.2, 0.25) is 0 Å². The summed E-state index contributed by atoms with van der Waals surface area (Å²) in [6.07, 6.45) is 11.1. The zero-order valence-electron chi connectivity index (χ0n) is 23.3. The first-order chi connectivity index (χ1) is 15.6. The zero-order valence-corrected chi connectivity index (χ0v) is 23.3. The van der Waals surface area contributed by atoms with Crippen LogP contribution < -0.4 is 5.32 Å². The average Bonchev–Trinajstić information content (AvgIpc) is 2.81. The number of hydrogen-bond donors (Lipinski definition) is 1. The van der Waals surface area contributed by atoms with Crippen molar-refractivity contribution in [1.29, 1.82) is 0 Å². The number of nitrogens with one attached hydrogen (secondary N) is 1. The molecule has 0 spiro atoms. The molecule has 0 radical (unpaired) electrons. The van der Waals surface area contributed by atoms with E-state index >= 15 is 0 Å². The molecule has 1 heterocycles. The van der Waals surface area contributed by atoms with E-state index in [0.717, 1.165) is 16.8 Å². The van der Waals surface area contributed by atoms with Crippen molar-refractivity contribution in [2.24, 2.45) is 5.92 Å². The smallest absolute Gasteiger partial charge is 0.226 e. The van der Waals surface area contributed by atoms with Gasteiger partial charge in [0, 0.05) is 24.0 Å². The van der Waals surface area contributed by atoms with Crippen LogP contribution >= 0.6 is 0 Å². The maximum Gasteiger partial charge on any atom is 0.226 e. The highest BCUT2D eigenvalue weighted by Crippen LogP contribution is 2.17. The molecular weight excluding hydrogens is 404 g/mol. The van der Waals surface area contributed by atoms with Gasteiger partial charge in [-0.1, -0.05) is 85.4 Å². The molecule has 0 bridgehead atoms. The third kappa shape index (κ3) is 15.9. The molecule has 0 aliphatic carbocycles. The maximum absolute atomic E-state index is 11.5. The maximum atomic E-state index is 11.5. The van der Waals surface area contributed by atoms with Crippen LogP contribution in [0, 0.1) is 26.7 Å². The number of nitrogens with zero attached hydrogens (tertiary/aromatic N) is 1. The summed E-state index contributed by atoms with van der Waals surface area (Å²) < 4.78 is 0. The first-order valence-electron chi connectivity index (χ1n) is 12.5. The summed E-state index contributed by atoms with van der Waals surface area (Å²) in [5.74, 6) is 0.0913. The molecule has 2 aromatic rings. The van der Waals surface area contributed by atoms with E-state index in [1.807, 2.05) is 71.3 Å². The minimum atomic E-state index is 0.0231. The van der Waals surface area contributed by atoms with Crippen molar-refractivity contribution >= 4 is 17.2 Å². The minimum Gasteiger partial charge on any atom is -0.326 e. The number of aromatic nitrogens is 1. The number of carbonyl (C=O) groups is 1. The van der Waals surface area contributed by atoms with Crippen molar-refractivity contribution < 1.29 is 4.79 Å². The highest BCUT2D eigenvalue weighted by molar-refractivity contribution is 5.92. The molecular formula is C30H50N2O. The number of allylic oxidation sites excluding steroid dienone is 2. The molecule has 3 heteroatoms. The van der Waals surface area contributed by atoms with Crippen molar-refractivity contribution in [1.82, 2.24) is 4.98 Å². The van der Waals surface area contributed by atoms with Crippen molar-refractivity contribution in [2.75, 3.05) is 5.32 Å². The first kappa shape index (κ1) is 32.8. The second-order valence-electron chi connectivity index (χ2n) is 8.62. The Balaban J connectivity index is 0. The summed E-state index contributed by atoms with van der Waals surface area (Å²) in [6.45, 7) is 22.8. The molecule has 0 aliphatic heterocycles. The zero-order chi connectivity index (χ0) is 25.8. The monoisotopic (exact) mass is 454 g/mol. The molecule has 1 aromatic heterocycles. The Bertz CT molecular complexity index is 799. The number of carbonyl (C=O) groups excluding carboxylic acids is 1. The van der Waals surface area contributed by atoms with Crippen LogP contribution in [0.5, 0.6) is 0 Å². The van der Waals surface area contributed by atoms with Gasteiger partial charge in [0.25, 0.3) is 0 Å². The lowest BCUT2D eigenvalue weighted by molar-refractivity contribution is -0.118. The molecule has 33 heavy (non-hydrogen) atoms. The van der Waals surface area contributed by atoms with Crippen LogP contribution in [0.1, 0.15) is 103 Å². The molecule has 0 saturated heterocycles. The number of unbranched alkanes of at least 4 members (excludes halogenated alkanes) is 2. The quantitative estimate of drug-likeness (QED) is 0.489. The summed E-state index contributed by atoms with van der Waals surface area (Å²) in [5, 5.41) is 2.91. The lowest BCUT2D eigenvalue weighted by atomic mass is 10.1. The second-order valence-corrected chi connectivity index (χ2v) is 8.62. The molecule has 0 unspecified atom stereocenters. The van der Waals surface area contributed by atoms with Gasteiger partial charge in [0.1, 0.15) is 0 Å². The summed E-state index contributed by atoms with van der Waals surface area (Å²) in [6, 6.07) is 8.09. The number of amides is 1. The van der Waals surface area contributed by atoms with Gasteiger partial charge in [0.15, 0.2) is 0 Å². The van der Waals surface area contributed by atoms with Crippen LogP contribution in [0.4, 0.5) is 5.69 Å². The fraction of sp³-hybridized carbons (Fsp3) is 0.533. The molecule has 1 N–H and O–H groups in total. The lowest BCUT2D eigenvalue weighted by Crippen LogP contribution is -2.18. The van der Waals surface area contributed by atoms with E-state index in [-0.39, 0.29) is 11.8 Å². The molecule has 186 valence electrons. The van der Waals surface area contributed by atoms with Gasteiger partial charge in [-0.3, -0.25) is 9.78 Å². The van der Waals surface area contributed by atoms with E-state index in [1.165, 1.54) is 42.4 Å². The molecule has 2 rings (SSSR count). The number of benzene rings is 1. The predicted molar refractivity (Wildman–Crippen MR) is 149 cm³/mol. The van der Waals surface area contributed by atoms with E-state index in [0.29, 0.717) is 0 Å². The number of aryl methyl sites for hydroxylation is 3. The summed E-state index contributed by atoms with van der Waals surface area (Å²) in [7, 11) is 0. The van der Waals surface area contributed by atoms with Crippen LogP contribution in [0.15, 0.2) is 42.7 Å². The van der Waals surface area contributed by atoms with E-state index in [1.54, 1.807) is 0 Å². The molecule has 0 atom stereocenters. The van der Waals surface area contributed by atoms with E-state index in [2.05, 4.69) is 57.9 Å². The van der Waals surface area contributed by atoms with Gasteiger partial charge in [0.2, 0.25) is 5.91 Å². The van der Waals surface area contributed by atoms with Gasteiger partial charge in [-0.2, -0.15) is 0 Å². The van der Waals surface area contributed by atoms with Gasteiger partial charge in [0.05, 0.1) is 0 Å². The fourth-order valence-corrected chi connectivity index (χ4v) is 2.18. The van der Waals surface area contributed by atoms with E-state index in [4.69, 9.17) is 0 Å². The van der Waals surface area contributed by atoms with Crippen LogP contribution in [-0.2, 0) is 4.79 Å². The van der Waals surface area contributed by atoms with Crippen molar-refractivity contribution in [3.05, 3.63) is 65.0 Å². The molecule has 0 aliphatic rings. The molecule has 3 nitrogen and oxygen atoms in total. The van der Waals surface area contributed by atoms with Gasteiger partial charge >= 0.3 is 0 Å². The Morgan fingerprint density at radius 3 is 1.91 bits per heavy atom. The highest BCUT2D eigenvalue weighted by atomic mass is 16.1. The lowest BCUT2D eigenvalue weighted by Gasteiger charge is -2.10. The summed E-state index contributed by atoms with van der Waals surface area (Å²) >= 11 is 0. The van der Waals surface area contributed by atoms with Gasteiger partial charge in [-0.15, -0.1) is 0 Å². The molecule has 0 fully saturated rings. The predicted octanol–water partition coefficient (Wildman–Crippen LogP) is 9.32. The Morgan fingerprint density at radius 2 is 1.48 bits per heavy atom. The minimum absolute atomic E-state index is 0.0231. The summed E-state index contributed by atoms with van der Waals surface area (Å²) in [5.41, 5.74) is 7.00.